The molecule has 2 rings (SSSR count). The van der Waals surface area contributed by atoms with Gasteiger partial charge >= 0.3 is 0 Å². The van der Waals surface area contributed by atoms with Crippen LogP contribution in [0.5, 0.6) is 0 Å². The molecule has 1 atom stereocenters. The second-order valence-corrected chi connectivity index (χ2v) is 5.66. The number of halogens is 1. The van der Waals surface area contributed by atoms with E-state index in [1.165, 1.54) is 0 Å². The maximum atomic E-state index is 5.46. The molecule has 0 aromatic carbocycles. The second-order valence-electron chi connectivity index (χ2n) is 5.66. The number of nitrogens with zero attached hydrogens (tertiary/aromatic N) is 4. The molecular formula is C17H29IN6O3. The zero-order chi connectivity index (χ0) is 18.9. The second kappa shape index (κ2) is 11.9. The molecule has 0 saturated carbocycles. The molecule has 0 radical (unpaired) electrons. The first kappa shape index (κ1) is 23.3. The monoisotopic (exact) mass is 492 g/mol. The minimum absolute atomic E-state index is 0. The third-order valence-corrected chi connectivity index (χ3v) is 3.93. The van der Waals surface area contributed by atoms with Gasteiger partial charge in [0.05, 0.1) is 12.2 Å². The minimum atomic E-state index is -0.191. The Hall–Kier alpha value is -1.69. The Balaban J connectivity index is 0.00000364. The molecular weight excluding hydrogens is 463 g/mol. The SMILES string of the molecule is CCOC(C)c1noc(CNC(=NC)NCc2c(CC)noc2CC)n1.I. The number of nitrogens with one attached hydrogen (secondary N) is 2. The van der Waals surface area contributed by atoms with E-state index in [9.17, 15) is 0 Å². The summed E-state index contributed by atoms with van der Waals surface area (Å²) in [6, 6.07) is 0. The fraction of sp³-hybridized carbons (Fsp3) is 0.647. The van der Waals surface area contributed by atoms with Crippen LogP contribution in [-0.4, -0.2) is 34.9 Å². The quantitative estimate of drug-likeness (QED) is 0.313. The van der Waals surface area contributed by atoms with Gasteiger partial charge in [0, 0.05) is 32.2 Å². The molecule has 2 N–H and O–H groups in total. The van der Waals surface area contributed by atoms with Crippen LogP contribution in [0.2, 0.25) is 0 Å². The highest BCUT2D eigenvalue weighted by molar-refractivity contribution is 14.0. The maximum Gasteiger partial charge on any atom is 0.246 e. The van der Waals surface area contributed by atoms with E-state index in [-0.39, 0.29) is 30.1 Å². The number of ether oxygens (including phenoxy) is 1. The van der Waals surface area contributed by atoms with Crippen molar-refractivity contribution in [1.29, 1.82) is 0 Å². The number of aryl methyl sites for hydroxylation is 2. The Morgan fingerprint density at radius 3 is 2.48 bits per heavy atom. The van der Waals surface area contributed by atoms with Crippen LogP contribution in [-0.2, 0) is 30.7 Å². The van der Waals surface area contributed by atoms with E-state index >= 15 is 0 Å². The summed E-state index contributed by atoms with van der Waals surface area (Å²) in [6.07, 6.45) is 1.44. The first-order chi connectivity index (χ1) is 12.6. The number of guanidine groups is 1. The molecule has 0 bridgehead atoms. The van der Waals surface area contributed by atoms with Crippen LogP contribution in [0.25, 0.3) is 0 Å². The zero-order valence-electron chi connectivity index (χ0n) is 16.5. The predicted molar refractivity (Wildman–Crippen MR) is 112 cm³/mol. The van der Waals surface area contributed by atoms with Crippen molar-refractivity contribution in [3.8, 4) is 0 Å². The molecule has 0 aliphatic carbocycles. The van der Waals surface area contributed by atoms with Crippen LogP contribution in [0.1, 0.15) is 62.5 Å². The molecule has 152 valence electrons. The van der Waals surface area contributed by atoms with Crippen LogP contribution in [0, 0.1) is 0 Å². The molecule has 0 spiro atoms. The number of rotatable bonds is 9. The summed E-state index contributed by atoms with van der Waals surface area (Å²) in [5.41, 5.74) is 2.06. The van der Waals surface area contributed by atoms with Gasteiger partial charge in [0.25, 0.3) is 0 Å². The number of aliphatic imine (C=N–C) groups is 1. The van der Waals surface area contributed by atoms with E-state index in [1.807, 2.05) is 20.8 Å². The van der Waals surface area contributed by atoms with Crippen molar-refractivity contribution in [3.05, 3.63) is 28.7 Å². The lowest BCUT2D eigenvalue weighted by Crippen LogP contribution is -2.36. The first-order valence-corrected chi connectivity index (χ1v) is 8.97. The smallest absolute Gasteiger partial charge is 0.246 e. The third-order valence-electron chi connectivity index (χ3n) is 3.93. The third kappa shape index (κ3) is 6.45. The van der Waals surface area contributed by atoms with Gasteiger partial charge in [-0.15, -0.1) is 24.0 Å². The van der Waals surface area contributed by atoms with Crippen LogP contribution < -0.4 is 10.6 Å². The number of hydrogen-bond acceptors (Lipinski definition) is 7. The average molecular weight is 492 g/mol. The van der Waals surface area contributed by atoms with Gasteiger partial charge in [-0.05, 0) is 20.3 Å². The first-order valence-electron chi connectivity index (χ1n) is 8.97. The fourth-order valence-electron chi connectivity index (χ4n) is 2.52. The molecule has 9 nitrogen and oxygen atoms in total. The van der Waals surface area contributed by atoms with Gasteiger partial charge in [0.2, 0.25) is 5.89 Å². The van der Waals surface area contributed by atoms with Crippen molar-refractivity contribution in [3.63, 3.8) is 0 Å². The van der Waals surface area contributed by atoms with Gasteiger partial charge in [-0.3, -0.25) is 4.99 Å². The normalized spacial score (nSPS) is 12.6. The Kier molecular flexibility index (Phi) is 10.3. The standard InChI is InChI=1S/C17H28N6O3.HI/c1-6-13-12(14(7-2)25-22-13)9-19-17(18-5)20-10-15-21-16(23-26-15)11(4)24-8-3;/h11H,6-10H2,1-5H3,(H2,18,19,20);1H. The van der Waals surface area contributed by atoms with Crippen LogP contribution in [0.3, 0.4) is 0 Å². The van der Waals surface area contributed by atoms with E-state index in [4.69, 9.17) is 13.8 Å². The van der Waals surface area contributed by atoms with E-state index in [2.05, 4.69) is 37.8 Å². The summed E-state index contributed by atoms with van der Waals surface area (Å²) in [6.45, 7) is 9.49. The van der Waals surface area contributed by atoms with Gasteiger partial charge in [-0.25, -0.2) is 0 Å². The molecule has 2 aromatic heterocycles. The molecule has 2 heterocycles. The van der Waals surface area contributed by atoms with E-state index in [0.29, 0.717) is 37.4 Å². The molecule has 0 fully saturated rings. The van der Waals surface area contributed by atoms with Crippen molar-refractivity contribution < 1.29 is 13.8 Å². The van der Waals surface area contributed by atoms with E-state index in [0.717, 1.165) is 29.9 Å². The summed E-state index contributed by atoms with van der Waals surface area (Å²) < 4.78 is 16.1. The fourth-order valence-corrected chi connectivity index (χ4v) is 2.52. The summed E-state index contributed by atoms with van der Waals surface area (Å²) >= 11 is 0. The Morgan fingerprint density at radius 1 is 1.11 bits per heavy atom. The molecule has 1 unspecified atom stereocenters. The van der Waals surface area contributed by atoms with E-state index in [1.54, 1.807) is 7.05 Å². The van der Waals surface area contributed by atoms with Gasteiger partial charge in [-0.2, -0.15) is 4.98 Å². The molecule has 27 heavy (non-hydrogen) atoms. The van der Waals surface area contributed by atoms with Crippen LogP contribution in [0.4, 0.5) is 0 Å². The summed E-state index contributed by atoms with van der Waals surface area (Å²) in [5, 5.41) is 14.5. The number of hydrogen-bond donors (Lipinski definition) is 2. The summed E-state index contributed by atoms with van der Waals surface area (Å²) in [7, 11) is 1.71. The molecule has 0 amide bonds. The van der Waals surface area contributed by atoms with E-state index < -0.39 is 0 Å². The van der Waals surface area contributed by atoms with Crippen molar-refractivity contribution in [2.75, 3.05) is 13.7 Å². The van der Waals surface area contributed by atoms with Gasteiger partial charge < -0.3 is 24.4 Å². The Morgan fingerprint density at radius 2 is 1.85 bits per heavy atom. The molecule has 10 heteroatoms. The average Bonchev–Trinajstić information content (AvgIpc) is 3.28. The molecule has 0 saturated heterocycles. The van der Waals surface area contributed by atoms with Gasteiger partial charge in [0.1, 0.15) is 11.9 Å². The summed E-state index contributed by atoms with van der Waals surface area (Å²) in [4.78, 5) is 8.54. The van der Waals surface area contributed by atoms with Crippen LogP contribution >= 0.6 is 24.0 Å². The van der Waals surface area contributed by atoms with Crippen molar-refractivity contribution in [1.82, 2.24) is 25.9 Å². The lowest BCUT2D eigenvalue weighted by molar-refractivity contribution is 0.0683. The highest BCUT2D eigenvalue weighted by Crippen LogP contribution is 2.15. The number of aromatic nitrogens is 3. The highest BCUT2D eigenvalue weighted by atomic mass is 127. The van der Waals surface area contributed by atoms with Crippen LogP contribution in [0.15, 0.2) is 14.0 Å². The van der Waals surface area contributed by atoms with Gasteiger partial charge in [-0.1, -0.05) is 24.2 Å². The minimum Gasteiger partial charge on any atom is -0.371 e. The molecule has 0 aliphatic heterocycles. The lowest BCUT2D eigenvalue weighted by atomic mass is 10.1. The Labute approximate surface area is 176 Å². The van der Waals surface area contributed by atoms with Gasteiger partial charge in [0.15, 0.2) is 11.8 Å². The van der Waals surface area contributed by atoms with Crippen molar-refractivity contribution in [2.45, 2.75) is 59.7 Å². The zero-order valence-corrected chi connectivity index (χ0v) is 18.9. The van der Waals surface area contributed by atoms with Crippen molar-refractivity contribution in [2.24, 2.45) is 4.99 Å². The topological polar surface area (TPSA) is 111 Å². The summed E-state index contributed by atoms with van der Waals surface area (Å²) in [5.74, 6) is 2.54. The Bertz CT molecular complexity index is 694. The predicted octanol–water partition coefficient (Wildman–Crippen LogP) is 2.76. The maximum absolute atomic E-state index is 5.46. The molecule has 2 aromatic rings. The molecule has 0 aliphatic rings. The van der Waals surface area contributed by atoms with Crippen molar-refractivity contribution >= 4 is 29.9 Å². The largest absolute Gasteiger partial charge is 0.371 e. The lowest BCUT2D eigenvalue weighted by Gasteiger charge is -2.10. The highest BCUT2D eigenvalue weighted by Gasteiger charge is 2.15.